The Bertz CT molecular complexity index is 517. The fraction of sp³-hybridized carbons (Fsp3) is 0.667. The van der Waals surface area contributed by atoms with Crippen LogP contribution >= 0.6 is 11.3 Å². The Morgan fingerprint density at radius 1 is 1.43 bits per heavy atom. The van der Waals surface area contributed by atoms with Gasteiger partial charge in [-0.1, -0.05) is 20.8 Å². The van der Waals surface area contributed by atoms with E-state index < -0.39 is 11.6 Å². The third-order valence-electron chi connectivity index (χ3n) is 4.30. The number of aromatic nitrogens is 1. The molecule has 1 aromatic heterocycles. The van der Waals surface area contributed by atoms with E-state index in [0.717, 1.165) is 11.4 Å². The number of carbonyl (C=O) groups is 2. The minimum Gasteiger partial charge on any atom is -0.340 e. The topological polar surface area (TPSA) is 62.3 Å². The average molecular weight is 309 g/mol. The van der Waals surface area contributed by atoms with Gasteiger partial charge in [0.2, 0.25) is 11.8 Å². The van der Waals surface area contributed by atoms with Gasteiger partial charge in [0.1, 0.15) is 16.6 Å². The zero-order valence-corrected chi connectivity index (χ0v) is 13.9. The highest BCUT2D eigenvalue weighted by atomic mass is 32.1. The lowest BCUT2D eigenvalue weighted by atomic mass is 9.89. The molecule has 116 valence electrons. The molecule has 0 radical (unpaired) electrons. The smallest absolute Gasteiger partial charge is 0.249 e. The molecule has 3 atom stereocenters. The van der Waals surface area contributed by atoms with Crippen LogP contribution in [-0.4, -0.2) is 33.3 Å². The Morgan fingerprint density at radius 3 is 2.62 bits per heavy atom. The summed E-state index contributed by atoms with van der Waals surface area (Å²) in [4.78, 5) is 31.5. The first kappa shape index (κ1) is 15.9. The molecule has 0 aromatic carbocycles. The lowest BCUT2D eigenvalue weighted by Crippen LogP contribution is -2.69. The van der Waals surface area contributed by atoms with Gasteiger partial charge >= 0.3 is 0 Å². The summed E-state index contributed by atoms with van der Waals surface area (Å²) in [6.07, 6.45) is 3.69. The molecule has 21 heavy (non-hydrogen) atoms. The Hall–Kier alpha value is -1.43. The van der Waals surface area contributed by atoms with Crippen molar-refractivity contribution in [3.8, 4) is 0 Å². The van der Waals surface area contributed by atoms with Crippen molar-refractivity contribution in [3.05, 3.63) is 16.6 Å². The van der Waals surface area contributed by atoms with Crippen molar-refractivity contribution in [2.45, 2.75) is 64.6 Å². The summed E-state index contributed by atoms with van der Waals surface area (Å²) < 4.78 is 0. The van der Waals surface area contributed by atoms with Crippen LogP contribution in [0.1, 0.15) is 58.0 Å². The van der Waals surface area contributed by atoms with E-state index >= 15 is 0 Å². The average Bonchev–Trinajstić information content (AvgIpc) is 2.99. The molecule has 1 N–H and O–H groups in total. The van der Waals surface area contributed by atoms with Gasteiger partial charge in [0, 0.05) is 11.6 Å². The van der Waals surface area contributed by atoms with Crippen LogP contribution in [0.4, 0.5) is 0 Å². The largest absolute Gasteiger partial charge is 0.340 e. The van der Waals surface area contributed by atoms with E-state index in [9.17, 15) is 9.59 Å². The third-order valence-corrected chi connectivity index (χ3v) is 5.17. The van der Waals surface area contributed by atoms with E-state index in [2.05, 4.69) is 10.3 Å². The Morgan fingerprint density at radius 2 is 2.14 bits per heavy atom. The molecule has 1 aliphatic rings. The van der Waals surface area contributed by atoms with Crippen molar-refractivity contribution in [1.82, 2.24) is 15.2 Å². The highest BCUT2D eigenvalue weighted by Gasteiger charge is 2.49. The number of hydrogen-bond acceptors (Lipinski definition) is 4. The number of rotatable bonds is 5. The number of nitrogens with one attached hydrogen (secondary N) is 1. The van der Waals surface area contributed by atoms with Gasteiger partial charge in [-0.2, -0.15) is 0 Å². The summed E-state index contributed by atoms with van der Waals surface area (Å²) in [6, 6.07) is -0.537. The lowest BCUT2D eigenvalue weighted by molar-refractivity contribution is -0.158. The minimum absolute atomic E-state index is 0.00139. The molecule has 0 bridgehead atoms. The van der Waals surface area contributed by atoms with Gasteiger partial charge < -0.3 is 10.2 Å². The van der Waals surface area contributed by atoms with Crippen molar-refractivity contribution in [2.24, 2.45) is 0 Å². The molecule has 3 unspecified atom stereocenters. The van der Waals surface area contributed by atoms with Crippen molar-refractivity contribution in [2.75, 3.05) is 0 Å². The van der Waals surface area contributed by atoms with Crippen molar-refractivity contribution in [3.63, 3.8) is 0 Å². The predicted octanol–water partition coefficient (Wildman–Crippen LogP) is 2.50. The molecule has 1 fully saturated rings. The number of carbonyl (C=O) groups excluding carboxylic acids is 2. The van der Waals surface area contributed by atoms with E-state index in [1.807, 2.05) is 26.2 Å². The van der Waals surface area contributed by atoms with Crippen LogP contribution in [0.3, 0.4) is 0 Å². The molecule has 0 aliphatic carbocycles. The second kappa shape index (κ2) is 6.13. The molecule has 2 heterocycles. The van der Waals surface area contributed by atoms with Crippen LogP contribution in [0.15, 0.2) is 11.6 Å². The first-order valence-corrected chi connectivity index (χ1v) is 8.40. The summed E-state index contributed by atoms with van der Waals surface area (Å²) in [7, 11) is 0. The fourth-order valence-corrected chi connectivity index (χ4v) is 3.65. The van der Waals surface area contributed by atoms with Crippen LogP contribution in [0, 0.1) is 0 Å². The highest BCUT2D eigenvalue weighted by Crippen LogP contribution is 2.34. The van der Waals surface area contributed by atoms with Crippen molar-refractivity contribution < 1.29 is 9.59 Å². The number of thiazole rings is 1. The molecular weight excluding hydrogens is 286 g/mol. The molecule has 1 aromatic rings. The molecular formula is C15H23N3O2S. The number of hydrogen-bond donors (Lipinski definition) is 1. The van der Waals surface area contributed by atoms with Gasteiger partial charge in [-0.05, 0) is 26.2 Å². The maximum atomic E-state index is 13.0. The Labute approximate surface area is 129 Å². The summed E-state index contributed by atoms with van der Waals surface area (Å²) in [6.45, 7) is 7.70. The Kier molecular flexibility index (Phi) is 4.66. The highest BCUT2D eigenvalue weighted by molar-refractivity contribution is 7.09. The van der Waals surface area contributed by atoms with E-state index in [4.69, 9.17) is 0 Å². The quantitative estimate of drug-likeness (QED) is 0.909. The normalized spacial score (nSPS) is 27.6. The predicted molar refractivity (Wildman–Crippen MR) is 82.9 cm³/mol. The SMILES string of the molecule is CCC1C(=O)NC(C)(CC)C(=O)N1C(CC)c1nccs1. The second-order valence-electron chi connectivity index (χ2n) is 5.61. The van der Waals surface area contributed by atoms with Crippen molar-refractivity contribution in [1.29, 1.82) is 0 Å². The van der Waals surface area contributed by atoms with E-state index in [-0.39, 0.29) is 17.9 Å². The summed E-state index contributed by atoms with van der Waals surface area (Å²) >= 11 is 1.54. The van der Waals surface area contributed by atoms with Crippen LogP contribution in [0.25, 0.3) is 0 Å². The van der Waals surface area contributed by atoms with Gasteiger partial charge in [-0.3, -0.25) is 9.59 Å². The van der Waals surface area contributed by atoms with E-state index in [1.165, 1.54) is 11.3 Å². The van der Waals surface area contributed by atoms with Crippen LogP contribution in [0.5, 0.6) is 0 Å². The fourth-order valence-electron chi connectivity index (χ4n) is 2.83. The standard InChI is InChI=1S/C15H23N3O2S/c1-5-10-12(19)17-15(4,7-3)14(20)18(10)11(6-2)13-16-8-9-21-13/h8-11H,5-7H2,1-4H3,(H,17,19). The first-order chi connectivity index (χ1) is 9.98. The molecule has 0 spiro atoms. The summed E-state index contributed by atoms with van der Waals surface area (Å²) in [5, 5.41) is 5.71. The van der Waals surface area contributed by atoms with Crippen LogP contribution in [-0.2, 0) is 9.59 Å². The molecule has 2 amide bonds. The third kappa shape index (κ3) is 2.69. The second-order valence-corrected chi connectivity index (χ2v) is 6.53. The zero-order chi connectivity index (χ0) is 15.6. The zero-order valence-electron chi connectivity index (χ0n) is 13.0. The van der Waals surface area contributed by atoms with Crippen LogP contribution < -0.4 is 5.32 Å². The van der Waals surface area contributed by atoms with Gasteiger partial charge in [-0.25, -0.2) is 4.98 Å². The van der Waals surface area contributed by atoms with Gasteiger partial charge in [0.25, 0.3) is 0 Å². The minimum atomic E-state index is -0.812. The van der Waals surface area contributed by atoms with Gasteiger partial charge in [-0.15, -0.1) is 11.3 Å². The number of piperazine rings is 1. The molecule has 2 rings (SSSR count). The molecule has 5 nitrogen and oxygen atoms in total. The van der Waals surface area contributed by atoms with Gasteiger partial charge in [0.05, 0.1) is 6.04 Å². The maximum Gasteiger partial charge on any atom is 0.249 e. The number of nitrogens with zero attached hydrogens (tertiary/aromatic N) is 2. The van der Waals surface area contributed by atoms with E-state index in [1.54, 1.807) is 18.0 Å². The molecule has 6 heteroatoms. The molecule has 0 saturated carbocycles. The first-order valence-electron chi connectivity index (χ1n) is 7.52. The van der Waals surface area contributed by atoms with Gasteiger partial charge in [0.15, 0.2) is 0 Å². The van der Waals surface area contributed by atoms with Crippen molar-refractivity contribution >= 4 is 23.2 Å². The van der Waals surface area contributed by atoms with E-state index in [0.29, 0.717) is 12.8 Å². The molecule has 1 aliphatic heterocycles. The monoisotopic (exact) mass is 309 g/mol. The molecule has 1 saturated heterocycles. The lowest BCUT2D eigenvalue weighted by Gasteiger charge is -2.46. The Balaban J connectivity index is 2.44. The summed E-state index contributed by atoms with van der Waals surface area (Å²) in [5.74, 6) is -0.0602. The number of amides is 2. The summed E-state index contributed by atoms with van der Waals surface area (Å²) in [5.41, 5.74) is -0.812. The maximum absolute atomic E-state index is 13.0. The van der Waals surface area contributed by atoms with Crippen LogP contribution in [0.2, 0.25) is 0 Å².